The van der Waals surface area contributed by atoms with Crippen LogP contribution < -0.4 is 15.2 Å². The van der Waals surface area contributed by atoms with E-state index in [1.54, 1.807) is 24.3 Å². The van der Waals surface area contributed by atoms with E-state index >= 15 is 0 Å². The van der Waals surface area contributed by atoms with Crippen LogP contribution in [0.5, 0.6) is 5.75 Å². The quantitative estimate of drug-likeness (QED) is 0.534. The standard InChI is InChI=1S/C20H15Cl2FN2O4S/c21-14-9-15(22)20(29-11-19(24)26)18(10-14)30(27,28)25-17-8-13(6-7-16(17)23)12-4-2-1-3-5-12/h1-10,25H,11H2,(H2,24,26). The number of benzene rings is 3. The van der Waals surface area contributed by atoms with Crippen molar-refractivity contribution in [2.45, 2.75) is 4.90 Å². The van der Waals surface area contributed by atoms with Crippen molar-refractivity contribution in [3.63, 3.8) is 0 Å². The Bertz CT molecular complexity index is 1200. The minimum atomic E-state index is -4.39. The van der Waals surface area contributed by atoms with Crippen LogP contribution in [0.25, 0.3) is 11.1 Å². The van der Waals surface area contributed by atoms with E-state index in [0.29, 0.717) is 5.56 Å². The highest BCUT2D eigenvalue weighted by molar-refractivity contribution is 7.92. The molecule has 3 rings (SSSR count). The number of hydrogen-bond donors (Lipinski definition) is 2. The van der Waals surface area contributed by atoms with Crippen molar-refractivity contribution < 1.29 is 22.3 Å². The van der Waals surface area contributed by atoms with E-state index in [1.807, 2.05) is 6.07 Å². The summed E-state index contributed by atoms with van der Waals surface area (Å²) in [6.45, 7) is -0.609. The molecule has 3 aromatic rings. The number of sulfonamides is 1. The molecule has 0 saturated heterocycles. The molecule has 10 heteroatoms. The molecule has 0 heterocycles. The molecule has 0 unspecified atom stereocenters. The average Bonchev–Trinajstić information content (AvgIpc) is 2.69. The van der Waals surface area contributed by atoms with Crippen LogP contribution in [0.15, 0.2) is 65.6 Å². The Kier molecular flexibility index (Phi) is 6.50. The Balaban J connectivity index is 2.02. The topological polar surface area (TPSA) is 98.5 Å². The van der Waals surface area contributed by atoms with E-state index < -0.39 is 33.3 Å². The van der Waals surface area contributed by atoms with Crippen molar-refractivity contribution in [2.24, 2.45) is 5.73 Å². The van der Waals surface area contributed by atoms with Crippen molar-refractivity contribution >= 4 is 44.8 Å². The van der Waals surface area contributed by atoms with Crippen LogP contribution in [0, 0.1) is 5.82 Å². The predicted molar refractivity (Wildman–Crippen MR) is 114 cm³/mol. The molecule has 0 aliphatic heterocycles. The summed E-state index contributed by atoms with van der Waals surface area (Å²) >= 11 is 12.0. The molecule has 30 heavy (non-hydrogen) atoms. The molecule has 3 N–H and O–H groups in total. The number of anilines is 1. The third-order valence-corrected chi connectivity index (χ3v) is 5.81. The number of carbonyl (C=O) groups is 1. The van der Waals surface area contributed by atoms with Gasteiger partial charge in [0.25, 0.3) is 15.9 Å². The van der Waals surface area contributed by atoms with E-state index in [-0.39, 0.29) is 21.5 Å². The molecule has 0 saturated carbocycles. The van der Waals surface area contributed by atoms with Gasteiger partial charge in [-0.2, -0.15) is 0 Å². The van der Waals surface area contributed by atoms with Gasteiger partial charge in [0.2, 0.25) is 0 Å². The second-order valence-electron chi connectivity index (χ2n) is 6.14. The van der Waals surface area contributed by atoms with Crippen molar-refractivity contribution in [1.82, 2.24) is 0 Å². The maximum atomic E-state index is 14.4. The summed E-state index contributed by atoms with van der Waals surface area (Å²) in [5.41, 5.74) is 6.14. The first kappa shape index (κ1) is 21.9. The zero-order chi connectivity index (χ0) is 21.9. The molecule has 156 valence electrons. The minimum absolute atomic E-state index is 0.00492. The highest BCUT2D eigenvalue weighted by Crippen LogP contribution is 2.37. The highest BCUT2D eigenvalue weighted by atomic mass is 35.5. The van der Waals surface area contributed by atoms with Crippen LogP contribution in [-0.2, 0) is 14.8 Å². The fourth-order valence-corrected chi connectivity index (χ4v) is 4.55. The number of amides is 1. The molecule has 0 aliphatic carbocycles. The van der Waals surface area contributed by atoms with Gasteiger partial charge in [0.05, 0.1) is 10.7 Å². The minimum Gasteiger partial charge on any atom is -0.481 e. The van der Waals surface area contributed by atoms with Crippen LogP contribution in [-0.4, -0.2) is 20.9 Å². The maximum absolute atomic E-state index is 14.4. The Morgan fingerprint density at radius 1 is 1.03 bits per heavy atom. The second-order valence-corrected chi connectivity index (χ2v) is 8.63. The molecule has 3 aromatic carbocycles. The van der Waals surface area contributed by atoms with Crippen molar-refractivity contribution in [2.75, 3.05) is 11.3 Å². The van der Waals surface area contributed by atoms with Crippen LogP contribution in [0.3, 0.4) is 0 Å². The zero-order valence-corrected chi connectivity index (χ0v) is 17.6. The Morgan fingerprint density at radius 3 is 2.40 bits per heavy atom. The summed E-state index contributed by atoms with van der Waals surface area (Å²) < 4.78 is 47.7. The lowest BCUT2D eigenvalue weighted by Crippen LogP contribution is -2.22. The number of rotatable bonds is 7. The lowest BCUT2D eigenvalue weighted by atomic mass is 10.1. The fraction of sp³-hybridized carbons (Fsp3) is 0.0500. The first-order valence-corrected chi connectivity index (χ1v) is 10.7. The molecular weight excluding hydrogens is 454 g/mol. The number of carbonyl (C=O) groups excluding carboxylic acids is 1. The van der Waals surface area contributed by atoms with Gasteiger partial charge >= 0.3 is 0 Å². The zero-order valence-electron chi connectivity index (χ0n) is 15.2. The van der Waals surface area contributed by atoms with Gasteiger partial charge in [0.1, 0.15) is 10.7 Å². The summed E-state index contributed by atoms with van der Waals surface area (Å²) in [6, 6.07) is 15.4. The van der Waals surface area contributed by atoms with Gasteiger partial charge in [0.15, 0.2) is 12.4 Å². The van der Waals surface area contributed by atoms with Crippen molar-refractivity contribution in [1.29, 1.82) is 0 Å². The van der Waals surface area contributed by atoms with Crippen LogP contribution in [0.2, 0.25) is 10.0 Å². The van der Waals surface area contributed by atoms with Gasteiger partial charge in [0, 0.05) is 5.02 Å². The number of nitrogens with two attached hydrogens (primary N) is 1. The third-order valence-electron chi connectivity index (χ3n) is 3.94. The molecule has 0 fully saturated rings. The van der Waals surface area contributed by atoms with Crippen LogP contribution in [0.1, 0.15) is 0 Å². The molecule has 0 spiro atoms. The predicted octanol–water partition coefficient (Wildman–Crippen LogP) is 4.46. The van der Waals surface area contributed by atoms with E-state index in [9.17, 15) is 17.6 Å². The SMILES string of the molecule is NC(=O)COc1c(Cl)cc(Cl)cc1S(=O)(=O)Nc1cc(-c2ccccc2)ccc1F. The molecule has 0 aromatic heterocycles. The monoisotopic (exact) mass is 468 g/mol. The third kappa shape index (κ3) is 5.02. The van der Waals surface area contributed by atoms with E-state index in [4.69, 9.17) is 33.7 Å². The lowest BCUT2D eigenvalue weighted by Gasteiger charge is -2.15. The molecule has 6 nitrogen and oxygen atoms in total. The Hall–Kier alpha value is -2.81. The first-order chi connectivity index (χ1) is 14.2. The van der Waals surface area contributed by atoms with Crippen molar-refractivity contribution in [3.8, 4) is 16.9 Å². The van der Waals surface area contributed by atoms with Gasteiger partial charge in [-0.15, -0.1) is 0 Å². The van der Waals surface area contributed by atoms with Crippen LogP contribution >= 0.6 is 23.2 Å². The van der Waals surface area contributed by atoms with Crippen molar-refractivity contribution in [3.05, 3.63) is 76.5 Å². The van der Waals surface area contributed by atoms with Gasteiger partial charge in [-0.3, -0.25) is 9.52 Å². The Morgan fingerprint density at radius 2 is 1.73 bits per heavy atom. The molecule has 0 bridgehead atoms. The summed E-state index contributed by atoms with van der Waals surface area (Å²) in [5.74, 6) is -1.95. The van der Waals surface area contributed by atoms with Crippen LogP contribution in [0.4, 0.5) is 10.1 Å². The van der Waals surface area contributed by atoms with E-state index in [0.717, 1.165) is 17.7 Å². The molecule has 0 radical (unpaired) electrons. The number of hydrogen-bond acceptors (Lipinski definition) is 4. The smallest absolute Gasteiger partial charge is 0.265 e. The maximum Gasteiger partial charge on any atom is 0.265 e. The van der Waals surface area contributed by atoms with E-state index in [1.165, 1.54) is 18.2 Å². The fourth-order valence-electron chi connectivity index (χ4n) is 2.63. The average molecular weight is 469 g/mol. The molecule has 0 atom stereocenters. The summed E-state index contributed by atoms with van der Waals surface area (Å²) in [5, 5.41) is -0.145. The number of primary amides is 1. The van der Waals surface area contributed by atoms with Gasteiger partial charge in [-0.1, -0.05) is 59.6 Å². The van der Waals surface area contributed by atoms with Gasteiger partial charge in [-0.05, 0) is 35.4 Å². The Labute approximate surface area is 182 Å². The molecular formula is C20H15Cl2FN2O4S. The lowest BCUT2D eigenvalue weighted by molar-refractivity contribution is -0.120. The largest absolute Gasteiger partial charge is 0.481 e. The highest BCUT2D eigenvalue weighted by Gasteiger charge is 2.25. The second kappa shape index (κ2) is 8.91. The molecule has 1 amide bonds. The van der Waals surface area contributed by atoms with E-state index in [2.05, 4.69) is 4.72 Å². The number of halogens is 3. The normalized spacial score (nSPS) is 11.2. The molecule has 0 aliphatic rings. The summed E-state index contributed by atoms with van der Waals surface area (Å²) in [4.78, 5) is 10.6. The summed E-state index contributed by atoms with van der Waals surface area (Å²) in [6.07, 6.45) is 0. The number of ether oxygens (including phenoxy) is 1. The van der Waals surface area contributed by atoms with Gasteiger partial charge < -0.3 is 10.5 Å². The summed E-state index contributed by atoms with van der Waals surface area (Å²) in [7, 11) is -4.39. The first-order valence-electron chi connectivity index (χ1n) is 8.45. The number of nitrogens with one attached hydrogen (secondary N) is 1. The van der Waals surface area contributed by atoms with Gasteiger partial charge in [-0.25, -0.2) is 12.8 Å².